The van der Waals surface area contributed by atoms with Crippen LogP contribution in [0, 0.1) is 28.1 Å². The van der Waals surface area contributed by atoms with Crippen LogP contribution in [-0.4, -0.2) is 90.6 Å². The summed E-state index contributed by atoms with van der Waals surface area (Å²) in [5.74, 6) is 0.226. The number of anilines is 1. The number of halogens is 1. The molecule has 4 heterocycles. The standard InChI is InChI=1S/C46H54ClN7O5/c1-45(2)43(46(3,4)44(45)58-34-13-10-31(27-48)37(47)26-34)50-41(56)30-8-11-33(12-9-30)54-20-17-29(18-21-54)16-19-52-22-24-53(25-23-52)28-32-6-5-7-35-39(51-59-40(32)35)36-14-15-38(55)49-42(36)57/h5-13,26,29,36,43-44H,14-25,28H2,1-4H3,(H,50,56)(H,49,55,57). The number of ether oxygens (including phenoxy) is 1. The van der Waals surface area contributed by atoms with Gasteiger partial charge in [-0.1, -0.05) is 56.6 Å². The smallest absolute Gasteiger partial charge is 0.251 e. The highest BCUT2D eigenvalue weighted by atomic mass is 35.5. The number of rotatable bonds is 11. The Morgan fingerprint density at radius 1 is 0.966 bits per heavy atom. The lowest BCUT2D eigenvalue weighted by Gasteiger charge is -2.63. The lowest BCUT2D eigenvalue weighted by molar-refractivity contribution is -0.164. The molecule has 8 rings (SSSR count). The largest absolute Gasteiger partial charge is 0.489 e. The minimum absolute atomic E-state index is 0.0880. The molecule has 59 heavy (non-hydrogen) atoms. The van der Waals surface area contributed by atoms with Crippen molar-refractivity contribution >= 4 is 46.0 Å². The molecule has 0 bridgehead atoms. The highest BCUT2D eigenvalue weighted by molar-refractivity contribution is 6.31. The number of piperidine rings is 2. The summed E-state index contributed by atoms with van der Waals surface area (Å²) in [6.07, 6.45) is 4.12. The van der Waals surface area contributed by atoms with Crippen LogP contribution in [0.15, 0.2) is 65.2 Å². The molecule has 12 nitrogen and oxygen atoms in total. The number of para-hydroxylation sites is 1. The van der Waals surface area contributed by atoms with Gasteiger partial charge in [0, 0.05) is 97.4 Å². The van der Waals surface area contributed by atoms with Gasteiger partial charge in [0.1, 0.15) is 23.6 Å². The summed E-state index contributed by atoms with van der Waals surface area (Å²) in [6.45, 7) is 16.4. The topological polar surface area (TPSA) is 144 Å². The van der Waals surface area contributed by atoms with Crippen LogP contribution in [0.1, 0.15) is 92.9 Å². The van der Waals surface area contributed by atoms with E-state index in [1.165, 1.54) is 6.42 Å². The van der Waals surface area contributed by atoms with E-state index >= 15 is 0 Å². The molecule has 1 unspecified atom stereocenters. The first-order chi connectivity index (χ1) is 28.3. The molecule has 1 saturated carbocycles. The minimum Gasteiger partial charge on any atom is -0.489 e. The molecule has 3 saturated heterocycles. The summed E-state index contributed by atoms with van der Waals surface area (Å²) in [6, 6.07) is 21.2. The molecule has 3 amide bonds. The Kier molecular flexibility index (Phi) is 11.5. The fourth-order valence-electron chi connectivity index (χ4n) is 10.3. The van der Waals surface area contributed by atoms with Crippen LogP contribution in [0.4, 0.5) is 5.69 Å². The van der Waals surface area contributed by atoms with Crippen LogP contribution in [0.5, 0.6) is 5.75 Å². The highest BCUT2D eigenvalue weighted by Gasteiger charge is 2.64. The van der Waals surface area contributed by atoms with Crippen LogP contribution in [0.3, 0.4) is 0 Å². The van der Waals surface area contributed by atoms with Crippen LogP contribution < -0.4 is 20.3 Å². The van der Waals surface area contributed by atoms with Crippen molar-refractivity contribution < 1.29 is 23.6 Å². The molecule has 4 aliphatic rings. The monoisotopic (exact) mass is 819 g/mol. The van der Waals surface area contributed by atoms with E-state index in [1.807, 2.05) is 24.3 Å². The molecule has 13 heteroatoms. The van der Waals surface area contributed by atoms with Gasteiger partial charge in [-0.25, -0.2) is 0 Å². The first-order valence-electron chi connectivity index (χ1n) is 21.0. The number of aromatic nitrogens is 1. The summed E-state index contributed by atoms with van der Waals surface area (Å²) < 4.78 is 12.2. The first-order valence-corrected chi connectivity index (χ1v) is 21.4. The second-order valence-electron chi connectivity index (χ2n) is 18.0. The summed E-state index contributed by atoms with van der Waals surface area (Å²) in [7, 11) is 0. The number of fused-ring (bicyclic) bond motifs is 1. The summed E-state index contributed by atoms with van der Waals surface area (Å²) in [5, 5.41) is 20.5. The summed E-state index contributed by atoms with van der Waals surface area (Å²) in [4.78, 5) is 45.2. The zero-order valence-electron chi connectivity index (χ0n) is 34.4. The van der Waals surface area contributed by atoms with Crippen LogP contribution in [-0.2, 0) is 16.1 Å². The summed E-state index contributed by atoms with van der Waals surface area (Å²) >= 11 is 6.26. The number of benzene rings is 3. The molecule has 1 aromatic heterocycles. The van der Waals surface area contributed by atoms with Crippen molar-refractivity contribution in [2.75, 3.05) is 50.7 Å². The number of nitriles is 1. The molecule has 3 aliphatic heterocycles. The van der Waals surface area contributed by atoms with E-state index in [-0.39, 0.29) is 40.7 Å². The van der Waals surface area contributed by atoms with Crippen molar-refractivity contribution in [3.05, 3.63) is 88.1 Å². The van der Waals surface area contributed by atoms with Gasteiger partial charge in [0.2, 0.25) is 11.8 Å². The van der Waals surface area contributed by atoms with Gasteiger partial charge in [0.05, 0.1) is 16.5 Å². The molecule has 4 fully saturated rings. The van der Waals surface area contributed by atoms with E-state index in [1.54, 1.807) is 18.2 Å². The third kappa shape index (κ3) is 8.30. The first kappa shape index (κ1) is 40.8. The molecular formula is C46H54ClN7O5. The molecule has 1 atom stereocenters. The van der Waals surface area contributed by atoms with Gasteiger partial charge in [0.25, 0.3) is 5.91 Å². The number of amides is 3. The highest BCUT2D eigenvalue weighted by Crippen LogP contribution is 2.55. The van der Waals surface area contributed by atoms with E-state index in [9.17, 15) is 19.6 Å². The van der Waals surface area contributed by atoms with Crippen molar-refractivity contribution in [1.29, 1.82) is 5.26 Å². The predicted octanol–water partition coefficient (Wildman–Crippen LogP) is 6.91. The normalized spacial score (nSPS) is 23.7. The average molecular weight is 820 g/mol. The van der Waals surface area contributed by atoms with Crippen molar-refractivity contribution in [2.24, 2.45) is 16.7 Å². The average Bonchev–Trinajstić information content (AvgIpc) is 3.66. The Labute approximate surface area is 351 Å². The number of carbonyl (C=O) groups is 3. The summed E-state index contributed by atoms with van der Waals surface area (Å²) in [5.41, 5.74) is 3.97. The molecular weight excluding hydrogens is 766 g/mol. The maximum atomic E-state index is 13.5. The number of hydrogen-bond donors (Lipinski definition) is 2. The number of imide groups is 1. The number of piperazine rings is 1. The predicted molar refractivity (Wildman–Crippen MR) is 226 cm³/mol. The van der Waals surface area contributed by atoms with Gasteiger partial charge >= 0.3 is 0 Å². The van der Waals surface area contributed by atoms with E-state index < -0.39 is 5.92 Å². The number of carbonyl (C=O) groups excluding carboxylic acids is 3. The zero-order chi connectivity index (χ0) is 41.5. The molecule has 4 aromatic rings. The van der Waals surface area contributed by atoms with Crippen LogP contribution in [0.2, 0.25) is 5.02 Å². The fraction of sp³-hybridized carbons (Fsp3) is 0.500. The van der Waals surface area contributed by atoms with E-state index in [2.05, 4.69) is 82.5 Å². The maximum Gasteiger partial charge on any atom is 0.251 e. The van der Waals surface area contributed by atoms with Gasteiger partial charge in [-0.3, -0.25) is 24.6 Å². The van der Waals surface area contributed by atoms with Crippen molar-refractivity contribution in [2.45, 2.75) is 84.4 Å². The minimum atomic E-state index is -0.466. The number of nitrogens with zero attached hydrogens (tertiary/aromatic N) is 5. The number of nitrogens with one attached hydrogen (secondary N) is 2. The van der Waals surface area contributed by atoms with E-state index in [4.69, 9.17) is 20.9 Å². The lowest BCUT2D eigenvalue weighted by atomic mass is 9.49. The van der Waals surface area contributed by atoms with Crippen molar-refractivity contribution in [3.8, 4) is 11.8 Å². The second-order valence-corrected chi connectivity index (χ2v) is 18.5. The zero-order valence-corrected chi connectivity index (χ0v) is 35.2. The van der Waals surface area contributed by atoms with Gasteiger partial charge < -0.3 is 24.4 Å². The van der Waals surface area contributed by atoms with E-state index in [0.29, 0.717) is 46.4 Å². The van der Waals surface area contributed by atoms with Crippen molar-refractivity contribution in [1.82, 2.24) is 25.6 Å². The Morgan fingerprint density at radius 2 is 1.68 bits per heavy atom. The molecule has 310 valence electrons. The molecule has 3 aromatic carbocycles. The number of hydrogen-bond acceptors (Lipinski definition) is 10. The molecule has 1 aliphatic carbocycles. The fourth-order valence-corrected chi connectivity index (χ4v) is 10.5. The lowest BCUT2D eigenvalue weighted by Crippen LogP contribution is -2.74. The van der Waals surface area contributed by atoms with Gasteiger partial charge in [-0.15, -0.1) is 0 Å². The third-order valence-corrected chi connectivity index (χ3v) is 13.7. The Hall–Kier alpha value is -4.96. The SMILES string of the molecule is CC1(C)C(NC(=O)c2ccc(N3CCC(CCN4CCN(Cc5cccc6c(C7CCC(=O)NC7=O)noc56)CC4)CC3)cc2)C(C)(C)C1Oc1ccc(C#N)c(Cl)c1. The quantitative estimate of drug-likeness (QED) is 0.153. The van der Waals surface area contributed by atoms with Crippen LogP contribution in [0.25, 0.3) is 11.0 Å². The molecule has 0 radical (unpaired) electrons. The third-order valence-electron chi connectivity index (χ3n) is 13.4. The van der Waals surface area contributed by atoms with Crippen molar-refractivity contribution in [3.63, 3.8) is 0 Å². The Bertz CT molecular complexity index is 2230. The van der Waals surface area contributed by atoms with Gasteiger partial charge in [0.15, 0.2) is 5.58 Å². The van der Waals surface area contributed by atoms with Gasteiger partial charge in [-0.05, 0) is 80.6 Å². The Morgan fingerprint density at radius 3 is 2.36 bits per heavy atom. The van der Waals surface area contributed by atoms with Crippen LogP contribution >= 0.6 is 11.6 Å². The molecule has 0 spiro atoms. The van der Waals surface area contributed by atoms with E-state index in [0.717, 1.165) is 87.4 Å². The second kappa shape index (κ2) is 16.6. The van der Waals surface area contributed by atoms with Gasteiger partial charge in [-0.2, -0.15) is 5.26 Å². The maximum absolute atomic E-state index is 13.5. The molecule has 2 N–H and O–H groups in total. The Balaban J connectivity index is 0.763.